The molecule has 0 radical (unpaired) electrons. The summed E-state index contributed by atoms with van der Waals surface area (Å²) < 4.78 is 49.6. The smallest absolute Gasteiger partial charge is 0.387 e. The van der Waals surface area contributed by atoms with Gasteiger partial charge in [-0.25, -0.2) is 13.9 Å². The molecule has 1 fully saturated rings. The van der Waals surface area contributed by atoms with Crippen LogP contribution in [0.15, 0.2) is 30.6 Å². The summed E-state index contributed by atoms with van der Waals surface area (Å²) in [6.45, 7) is -2.25. The van der Waals surface area contributed by atoms with Crippen molar-refractivity contribution in [1.82, 2.24) is 19.6 Å². The van der Waals surface area contributed by atoms with Gasteiger partial charge in [-0.05, 0) is 18.6 Å². The number of fused-ring (bicyclic) bond motifs is 1. The molecule has 0 aliphatic carbocycles. The van der Waals surface area contributed by atoms with Crippen LogP contribution >= 0.6 is 0 Å². The highest BCUT2D eigenvalue weighted by molar-refractivity contribution is 5.64. The Morgan fingerprint density at radius 1 is 1.29 bits per heavy atom. The average molecular weight is 395 g/mol. The first-order valence-electron chi connectivity index (χ1n) is 8.49. The van der Waals surface area contributed by atoms with Gasteiger partial charge in [0, 0.05) is 12.7 Å². The molecule has 4 heterocycles. The second kappa shape index (κ2) is 7.60. The van der Waals surface area contributed by atoms with Crippen LogP contribution in [0.1, 0.15) is 6.42 Å². The molecule has 148 valence electrons. The monoisotopic (exact) mass is 395 g/mol. The topological polar surface area (TPSA) is 93.8 Å². The number of hydrogen-bond acceptors (Lipinski definition) is 7. The lowest BCUT2D eigenvalue weighted by Crippen LogP contribution is -2.42. The maximum atomic E-state index is 14.3. The highest BCUT2D eigenvalue weighted by atomic mass is 19.3. The normalized spacial score (nSPS) is 19.9. The SMILES string of the molecule is O[C@@H]1COCC[C@H]1Nc1ncc2c(F)cc(-c3ccc(OC(F)F)cn3)n2n1. The predicted molar refractivity (Wildman–Crippen MR) is 91.7 cm³/mol. The summed E-state index contributed by atoms with van der Waals surface area (Å²) in [5.74, 6) is -0.458. The quantitative estimate of drug-likeness (QED) is 0.683. The molecule has 11 heteroatoms. The fraction of sp³-hybridized carbons (Fsp3) is 0.353. The zero-order valence-electron chi connectivity index (χ0n) is 14.4. The van der Waals surface area contributed by atoms with Crippen molar-refractivity contribution in [2.24, 2.45) is 0 Å². The molecule has 1 aliphatic heterocycles. The van der Waals surface area contributed by atoms with Gasteiger partial charge in [0.2, 0.25) is 5.95 Å². The first kappa shape index (κ1) is 18.4. The van der Waals surface area contributed by atoms with Crippen LogP contribution in [0.4, 0.5) is 19.1 Å². The number of nitrogens with one attached hydrogen (secondary N) is 1. The third-order valence-corrected chi connectivity index (χ3v) is 4.33. The van der Waals surface area contributed by atoms with Gasteiger partial charge < -0.3 is 19.9 Å². The molecule has 3 aromatic rings. The molecule has 1 saturated heterocycles. The second-order valence-electron chi connectivity index (χ2n) is 6.20. The lowest BCUT2D eigenvalue weighted by molar-refractivity contribution is -0.0500. The van der Waals surface area contributed by atoms with Crippen molar-refractivity contribution in [1.29, 1.82) is 0 Å². The first-order chi connectivity index (χ1) is 13.5. The summed E-state index contributed by atoms with van der Waals surface area (Å²) in [6, 6.07) is 3.67. The number of anilines is 1. The molecule has 3 aromatic heterocycles. The number of ether oxygens (including phenoxy) is 2. The van der Waals surface area contributed by atoms with Crippen LogP contribution in [0.5, 0.6) is 5.75 Å². The Hall–Kier alpha value is -2.92. The Morgan fingerprint density at radius 2 is 2.14 bits per heavy atom. The van der Waals surface area contributed by atoms with Gasteiger partial charge in [0.25, 0.3) is 0 Å². The summed E-state index contributed by atoms with van der Waals surface area (Å²) in [4.78, 5) is 8.13. The zero-order valence-corrected chi connectivity index (χ0v) is 14.4. The standard InChI is InChI=1S/C17H16F3N5O3/c18-10-5-13(11-2-1-9(6-21-11)28-16(19)20)25-14(10)7-22-17(24-25)23-12-3-4-27-8-15(12)26/h1-2,5-7,12,15-16,26H,3-4,8H2,(H,23,24)/t12-,15-/m1/s1. The zero-order chi connectivity index (χ0) is 19.7. The van der Waals surface area contributed by atoms with E-state index in [2.05, 4.69) is 25.1 Å². The second-order valence-corrected chi connectivity index (χ2v) is 6.20. The molecule has 8 nitrogen and oxygen atoms in total. The van der Waals surface area contributed by atoms with Crippen LogP contribution in [0, 0.1) is 5.82 Å². The maximum absolute atomic E-state index is 14.3. The molecule has 0 amide bonds. The molecule has 0 unspecified atom stereocenters. The largest absolute Gasteiger partial charge is 0.433 e. The van der Waals surface area contributed by atoms with Crippen molar-refractivity contribution in [3.05, 3.63) is 36.4 Å². The first-order valence-corrected chi connectivity index (χ1v) is 8.49. The van der Waals surface area contributed by atoms with E-state index in [1.54, 1.807) is 0 Å². The van der Waals surface area contributed by atoms with Crippen molar-refractivity contribution in [2.75, 3.05) is 18.5 Å². The summed E-state index contributed by atoms with van der Waals surface area (Å²) in [6.07, 6.45) is 2.30. The molecule has 2 N–H and O–H groups in total. The Balaban J connectivity index is 1.65. The van der Waals surface area contributed by atoms with Crippen molar-refractivity contribution < 1.29 is 27.8 Å². The van der Waals surface area contributed by atoms with Crippen LogP contribution in [0.2, 0.25) is 0 Å². The van der Waals surface area contributed by atoms with Gasteiger partial charge in [0.1, 0.15) is 11.3 Å². The minimum atomic E-state index is -2.96. The minimum absolute atomic E-state index is 0.106. The summed E-state index contributed by atoms with van der Waals surface area (Å²) >= 11 is 0. The van der Waals surface area contributed by atoms with E-state index >= 15 is 0 Å². The molecule has 0 bridgehead atoms. The van der Waals surface area contributed by atoms with Crippen LogP contribution in [0.25, 0.3) is 16.9 Å². The molecular weight excluding hydrogens is 379 g/mol. The van der Waals surface area contributed by atoms with Gasteiger partial charge in [0.05, 0.1) is 42.5 Å². The van der Waals surface area contributed by atoms with Crippen LogP contribution in [-0.2, 0) is 4.74 Å². The van der Waals surface area contributed by atoms with E-state index in [0.717, 1.165) is 6.20 Å². The summed E-state index contributed by atoms with van der Waals surface area (Å²) in [5, 5.41) is 17.3. The van der Waals surface area contributed by atoms with Gasteiger partial charge in [0.15, 0.2) is 5.82 Å². The van der Waals surface area contributed by atoms with Crippen molar-refractivity contribution in [3.63, 3.8) is 0 Å². The molecule has 0 spiro atoms. The number of rotatable bonds is 5. The minimum Gasteiger partial charge on any atom is -0.433 e. The lowest BCUT2D eigenvalue weighted by atomic mass is 10.1. The van der Waals surface area contributed by atoms with Crippen LogP contribution in [0.3, 0.4) is 0 Å². The summed E-state index contributed by atoms with van der Waals surface area (Å²) in [7, 11) is 0. The number of aromatic nitrogens is 4. The molecule has 28 heavy (non-hydrogen) atoms. The van der Waals surface area contributed by atoms with Crippen LogP contribution < -0.4 is 10.1 Å². The van der Waals surface area contributed by atoms with E-state index in [0.29, 0.717) is 24.4 Å². The van der Waals surface area contributed by atoms with Crippen LogP contribution in [-0.4, -0.2) is 56.7 Å². The summed E-state index contributed by atoms with van der Waals surface area (Å²) in [5.41, 5.74) is 0.758. The van der Waals surface area contributed by atoms with Gasteiger partial charge >= 0.3 is 6.61 Å². The number of aliphatic hydroxyl groups is 1. The molecule has 0 saturated carbocycles. The maximum Gasteiger partial charge on any atom is 0.387 e. The average Bonchev–Trinajstić information content (AvgIpc) is 3.00. The molecule has 1 aliphatic rings. The Morgan fingerprint density at radius 3 is 2.86 bits per heavy atom. The van der Waals surface area contributed by atoms with Crippen molar-refractivity contribution >= 4 is 11.5 Å². The van der Waals surface area contributed by atoms with E-state index in [1.807, 2.05) is 0 Å². The van der Waals surface area contributed by atoms with Gasteiger partial charge in [-0.2, -0.15) is 8.78 Å². The molecule has 0 aromatic carbocycles. The number of halogens is 3. The van der Waals surface area contributed by atoms with Gasteiger partial charge in [-0.15, -0.1) is 5.10 Å². The van der Waals surface area contributed by atoms with Gasteiger partial charge in [-0.1, -0.05) is 0 Å². The van der Waals surface area contributed by atoms with Crippen molar-refractivity contribution in [3.8, 4) is 17.1 Å². The highest BCUT2D eigenvalue weighted by Crippen LogP contribution is 2.25. The Labute approximate surface area is 156 Å². The Bertz CT molecular complexity index is 967. The predicted octanol–water partition coefficient (Wildman–Crippen LogP) is 2.09. The number of nitrogens with zero attached hydrogens (tertiary/aromatic N) is 4. The number of pyridine rings is 1. The van der Waals surface area contributed by atoms with E-state index in [-0.39, 0.29) is 29.9 Å². The number of hydrogen-bond donors (Lipinski definition) is 2. The lowest BCUT2D eigenvalue weighted by Gasteiger charge is -2.28. The van der Waals surface area contributed by atoms with E-state index in [4.69, 9.17) is 4.74 Å². The van der Waals surface area contributed by atoms with E-state index < -0.39 is 18.5 Å². The van der Waals surface area contributed by atoms with E-state index in [9.17, 15) is 18.3 Å². The molecular formula is C17H16F3N5O3. The highest BCUT2D eigenvalue weighted by Gasteiger charge is 2.24. The fourth-order valence-electron chi connectivity index (χ4n) is 2.96. The van der Waals surface area contributed by atoms with Gasteiger partial charge in [-0.3, -0.25) is 4.98 Å². The fourth-order valence-corrected chi connectivity index (χ4v) is 2.96. The van der Waals surface area contributed by atoms with E-state index in [1.165, 1.54) is 28.9 Å². The number of aliphatic hydroxyl groups excluding tert-OH is 1. The van der Waals surface area contributed by atoms with Crippen molar-refractivity contribution in [2.45, 2.75) is 25.2 Å². The molecule has 4 rings (SSSR count). The third-order valence-electron chi connectivity index (χ3n) is 4.33. The number of alkyl halides is 2. The molecule has 2 atom stereocenters. The third kappa shape index (κ3) is 3.71. The Kier molecular flexibility index (Phi) is 5.01.